The molecule has 0 fully saturated rings. The zero-order valence-electron chi connectivity index (χ0n) is 11.8. The minimum Gasteiger partial charge on any atom is -0.309 e. The average Bonchev–Trinajstić information content (AvgIpc) is 2.69. The van der Waals surface area contributed by atoms with Gasteiger partial charge in [0.1, 0.15) is 0 Å². The maximum atomic E-state index is 4.54. The SMILES string of the molecule is CCCCCC(NCC)c1cc(C)nn1CC. The van der Waals surface area contributed by atoms with Gasteiger partial charge >= 0.3 is 0 Å². The fourth-order valence-corrected chi connectivity index (χ4v) is 2.30. The highest BCUT2D eigenvalue weighted by atomic mass is 15.3. The van der Waals surface area contributed by atoms with Crippen molar-refractivity contribution in [1.82, 2.24) is 15.1 Å². The molecule has 0 spiro atoms. The standard InChI is InChI=1S/C14H27N3/c1-5-8-9-10-13(15-6-2)14-11-12(4)16-17(14)7-3/h11,13,15H,5-10H2,1-4H3. The third-order valence-corrected chi connectivity index (χ3v) is 3.14. The first-order chi connectivity index (χ1) is 8.22. The molecule has 1 aromatic rings. The Morgan fingerprint density at radius 2 is 2.06 bits per heavy atom. The highest BCUT2D eigenvalue weighted by molar-refractivity contribution is 5.13. The molecule has 3 heteroatoms. The molecule has 1 rings (SSSR count). The maximum Gasteiger partial charge on any atom is 0.0597 e. The quantitative estimate of drug-likeness (QED) is 0.702. The van der Waals surface area contributed by atoms with Gasteiger partial charge < -0.3 is 5.32 Å². The van der Waals surface area contributed by atoms with E-state index in [1.165, 1.54) is 31.4 Å². The largest absolute Gasteiger partial charge is 0.309 e. The van der Waals surface area contributed by atoms with Crippen molar-refractivity contribution in [1.29, 1.82) is 0 Å². The summed E-state index contributed by atoms with van der Waals surface area (Å²) >= 11 is 0. The number of aryl methyl sites for hydroxylation is 2. The molecule has 0 aliphatic carbocycles. The van der Waals surface area contributed by atoms with Crippen LogP contribution < -0.4 is 5.32 Å². The molecule has 1 unspecified atom stereocenters. The summed E-state index contributed by atoms with van der Waals surface area (Å²) in [4.78, 5) is 0. The van der Waals surface area contributed by atoms with Crippen LogP contribution in [0.2, 0.25) is 0 Å². The van der Waals surface area contributed by atoms with Gasteiger partial charge in [-0.2, -0.15) is 5.10 Å². The fraction of sp³-hybridized carbons (Fsp3) is 0.786. The van der Waals surface area contributed by atoms with E-state index in [9.17, 15) is 0 Å². The van der Waals surface area contributed by atoms with Gasteiger partial charge in [0.2, 0.25) is 0 Å². The summed E-state index contributed by atoms with van der Waals surface area (Å²) in [6.07, 6.45) is 5.11. The van der Waals surface area contributed by atoms with Crippen LogP contribution in [0.3, 0.4) is 0 Å². The van der Waals surface area contributed by atoms with Crippen molar-refractivity contribution >= 4 is 0 Å². The number of hydrogen-bond donors (Lipinski definition) is 1. The van der Waals surface area contributed by atoms with Gasteiger partial charge in [0.25, 0.3) is 0 Å². The highest BCUT2D eigenvalue weighted by Crippen LogP contribution is 2.21. The first-order valence-electron chi connectivity index (χ1n) is 7.00. The van der Waals surface area contributed by atoms with Crippen molar-refractivity contribution in [3.8, 4) is 0 Å². The first kappa shape index (κ1) is 14.2. The van der Waals surface area contributed by atoms with E-state index in [0.29, 0.717) is 6.04 Å². The van der Waals surface area contributed by atoms with Crippen molar-refractivity contribution in [2.24, 2.45) is 0 Å². The van der Waals surface area contributed by atoms with E-state index < -0.39 is 0 Å². The molecular weight excluding hydrogens is 210 g/mol. The average molecular weight is 237 g/mol. The number of hydrogen-bond acceptors (Lipinski definition) is 2. The van der Waals surface area contributed by atoms with Crippen LogP contribution in [0.15, 0.2) is 6.07 Å². The summed E-state index contributed by atoms with van der Waals surface area (Å²) < 4.78 is 2.13. The van der Waals surface area contributed by atoms with Crippen LogP contribution in [-0.2, 0) is 6.54 Å². The van der Waals surface area contributed by atoms with Crippen LogP contribution in [0.1, 0.15) is 63.9 Å². The van der Waals surface area contributed by atoms with Crippen LogP contribution in [0, 0.1) is 6.92 Å². The summed E-state index contributed by atoms with van der Waals surface area (Å²) in [5.74, 6) is 0. The topological polar surface area (TPSA) is 29.9 Å². The Balaban J connectivity index is 2.73. The van der Waals surface area contributed by atoms with Gasteiger partial charge in [-0.15, -0.1) is 0 Å². The van der Waals surface area contributed by atoms with E-state index >= 15 is 0 Å². The summed E-state index contributed by atoms with van der Waals surface area (Å²) in [6.45, 7) is 10.6. The second-order valence-electron chi connectivity index (χ2n) is 4.63. The predicted octanol–water partition coefficient (Wildman–Crippen LogP) is 3.44. The lowest BCUT2D eigenvalue weighted by atomic mass is 10.0. The van der Waals surface area contributed by atoms with E-state index in [1.807, 2.05) is 0 Å². The lowest BCUT2D eigenvalue weighted by molar-refractivity contribution is 0.448. The van der Waals surface area contributed by atoms with Gasteiger partial charge in [0, 0.05) is 12.6 Å². The van der Waals surface area contributed by atoms with Crippen molar-refractivity contribution in [2.45, 2.75) is 66.0 Å². The summed E-state index contributed by atoms with van der Waals surface area (Å²) in [5, 5.41) is 8.12. The van der Waals surface area contributed by atoms with Gasteiger partial charge in [-0.1, -0.05) is 33.1 Å². The number of nitrogens with one attached hydrogen (secondary N) is 1. The molecule has 0 saturated carbocycles. The fourth-order valence-electron chi connectivity index (χ4n) is 2.30. The van der Waals surface area contributed by atoms with Crippen LogP contribution >= 0.6 is 0 Å². The molecule has 1 heterocycles. The zero-order chi connectivity index (χ0) is 12.7. The normalized spacial score (nSPS) is 12.9. The zero-order valence-corrected chi connectivity index (χ0v) is 11.8. The Morgan fingerprint density at radius 1 is 1.29 bits per heavy atom. The molecule has 17 heavy (non-hydrogen) atoms. The van der Waals surface area contributed by atoms with E-state index in [4.69, 9.17) is 0 Å². The summed E-state index contributed by atoms with van der Waals surface area (Å²) in [5.41, 5.74) is 2.48. The van der Waals surface area contributed by atoms with Crippen molar-refractivity contribution in [3.05, 3.63) is 17.5 Å². The number of aromatic nitrogens is 2. The Labute approximate surface area is 106 Å². The second-order valence-corrected chi connectivity index (χ2v) is 4.63. The molecule has 3 nitrogen and oxygen atoms in total. The predicted molar refractivity (Wildman–Crippen MR) is 73.2 cm³/mol. The lowest BCUT2D eigenvalue weighted by Crippen LogP contribution is -2.23. The maximum absolute atomic E-state index is 4.54. The minimum absolute atomic E-state index is 0.465. The molecule has 1 N–H and O–H groups in total. The Kier molecular flexibility index (Phi) is 6.27. The monoisotopic (exact) mass is 237 g/mol. The van der Waals surface area contributed by atoms with E-state index in [2.05, 4.69) is 48.9 Å². The molecule has 1 atom stereocenters. The molecule has 0 saturated heterocycles. The van der Waals surface area contributed by atoms with Crippen LogP contribution in [0.25, 0.3) is 0 Å². The Bertz CT molecular complexity index is 317. The van der Waals surface area contributed by atoms with Gasteiger partial charge in [-0.3, -0.25) is 4.68 Å². The highest BCUT2D eigenvalue weighted by Gasteiger charge is 2.15. The molecule has 0 amide bonds. The van der Waals surface area contributed by atoms with E-state index in [1.54, 1.807) is 0 Å². The number of unbranched alkanes of at least 4 members (excludes halogenated alkanes) is 2. The number of nitrogens with zero attached hydrogens (tertiary/aromatic N) is 2. The van der Waals surface area contributed by atoms with Crippen molar-refractivity contribution in [2.75, 3.05) is 6.54 Å². The van der Waals surface area contributed by atoms with Gasteiger partial charge in [0.05, 0.1) is 11.4 Å². The van der Waals surface area contributed by atoms with Crippen LogP contribution in [-0.4, -0.2) is 16.3 Å². The Morgan fingerprint density at radius 3 is 2.65 bits per heavy atom. The van der Waals surface area contributed by atoms with Crippen LogP contribution in [0.5, 0.6) is 0 Å². The van der Waals surface area contributed by atoms with E-state index in [-0.39, 0.29) is 0 Å². The van der Waals surface area contributed by atoms with Gasteiger partial charge in [-0.25, -0.2) is 0 Å². The molecule has 0 radical (unpaired) electrons. The molecular formula is C14H27N3. The summed E-state index contributed by atoms with van der Waals surface area (Å²) in [7, 11) is 0. The third-order valence-electron chi connectivity index (χ3n) is 3.14. The van der Waals surface area contributed by atoms with Crippen LogP contribution in [0.4, 0.5) is 0 Å². The van der Waals surface area contributed by atoms with Gasteiger partial charge in [0.15, 0.2) is 0 Å². The molecule has 0 aliphatic rings. The van der Waals surface area contributed by atoms with Crippen molar-refractivity contribution < 1.29 is 0 Å². The second kappa shape index (κ2) is 7.49. The van der Waals surface area contributed by atoms with Gasteiger partial charge in [-0.05, 0) is 32.9 Å². The van der Waals surface area contributed by atoms with Crippen molar-refractivity contribution in [3.63, 3.8) is 0 Å². The lowest BCUT2D eigenvalue weighted by Gasteiger charge is -2.18. The molecule has 98 valence electrons. The smallest absolute Gasteiger partial charge is 0.0597 e. The van der Waals surface area contributed by atoms with E-state index in [0.717, 1.165) is 18.8 Å². The molecule has 1 aromatic heterocycles. The molecule has 0 aliphatic heterocycles. The molecule has 0 bridgehead atoms. The first-order valence-corrected chi connectivity index (χ1v) is 7.00. The summed E-state index contributed by atoms with van der Waals surface area (Å²) in [6, 6.07) is 2.69. The molecule has 0 aromatic carbocycles. The number of rotatable bonds is 8. The Hall–Kier alpha value is -0.830. The third kappa shape index (κ3) is 4.15. The minimum atomic E-state index is 0.465.